The van der Waals surface area contributed by atoms with Crippen LogP contribution in [0.15, 0.2) is 18.2 Å². The van der Waals surface area contributed by atoms with Crippen molar-refractivity contribution in [3.05, 3.63) is 23.9 Å². The lowest BCUT2D eigenvalue weighted by atomic mass is 9.86. The van der Waals surface area contributed by atoms with Crippen molar-refractivity contribution < 1.29 is 50.9 Å². The Morgan fingerprint density at radius 2 is 1.78 bits per heavy atom. The first-order valence-corrected chi connectivity index (χ1v) is 22.5. The van der Waals surface area contributed by atoms with Crippen LogP contribution in [0.4, 0.5) is 9.18 Å². The third-order valence-corrected chi connectivity index (χ3v) is 14.3. The number of rotatable bonds is 11. The van der Waals surface area contributed by atoms with Gasteiger partial charge < -0.3 is 34.5 Å². The number of halogens is 1. The topological polar surface area (TPSA) is 204 Å². The summed E-state index contributed by atoms with van der Waals surface area (Å²) in [5, 5.41) is 5.70. The molecule has 4 amide bonds. The highest BCUT2D eigenvalue weighted by atomic mass is 32.2. The Hall–Kier alpha value is -4.32. The number of nitrogens with one attached hydrogen (secondary N) is 3. The Morgan fingerprint density at radius 3 is 2.42 bits per heavy atom. The maximum absolute atomic E-state index is 15.1. The van der Waals surface area contributed by atoms with Crippen LogP contribution in [0.1, 0.15) is 111 Å². The van der Waals surface area contributed by atoms with Gasteiger partial charge in [0.2, 0.25) is 27.7 Å². The number of carbonyl (C=O) groups excluding carboxylic acids is 4. The summed E-state index contributed by atoms with van der Waals surface area (Å²) in [5.74, 6) is -2.36. The smallest absolute Gasteiger partial charge is 0.408 e. The fourth-order valence-corrected chi connectivity index (χ4v) is 10.0. The second-order valence-corrected chi connectivity index (χ2v) is 20.6. The zero-order chi connectivity index (χ0) is 43.8. The number of amides is 4. The highest BCUT2D eigenvalue weighted by Gasteiger charge is 2.64. The fraction of sp³-hybridized carbons (Fsp3) is 0.714. The monoisotopic (exact) mass is 860 g/mol. The molecule has 16 nitrogen and oxygen atoms in total. The van der Waals surface area contributed by atoms with E-state index in [1.165, 1.54) is 12.0 Å². The molecular weight excluding hydrogens is 800 g/mol. The number of hydrogen-bond acceptors (Lipinski definition) is 12. The zero-order valence-corrected chi connectivity index (χ0v) is 36.8. The van der Waals surface area contributed by atoms with Crippen molar-refractivity contribution in [3.8, 4) is 11.6 Å². The van der Waals surface area contributed by atoms with Gasteiger partial charge in [-0.3, -0.25) is 19.1 Å². The van der Waals surface area contributed by atoms with Gasteiger partial charge in [-0.2, -0.15) is 0 Å². The molecule has 332 valence electrons. The summed E-state index contributed by atoms with van der Waals surface area (Å²) in [4.78, 5) is 68.3. The minimum Gasteiger partial charge on any atom is -0.497 e. The van der Waals surface area contributed by atoms with Gasteiger partial charge in [-0.05, 0) is 76.8 Å². The van der Waals surface area contributed by atoms with E-state index in [1.54, 1.807) is 46.1 Å². The number of alkyl carbamates (subject to hydrolysis) is 1. The molecule has 1 aromatic heterocycles. The van der Waals surface area contributed by atoms with Crippen LogP contribution in [0.5, 0.6) is 11.6 Å². The van der Waals surface area contributed by atoms with Gasteiger partial charge in [-0.25, -0.2) is 27.6 Å². The third-order valence-electron chi connectivity index (χ3n) is 12.2. The number of ether oxygens (including phenoxy) is 4. The number of nitrogens with zero attached hydrogens (tertiary/aromatic N) is 3. The lowest BCUT2D eigenvalue weighted by Crippen LogP contribution is -2.60. The van der Waals surface area contributed by atoms with Crippen LogP contribution in [0.2, 0.25) is 0 Å². The number of hydrogen-bond donors (Lipinski definition) is 3. The number of aromatic nitrogens is 2. The van der Waals surface area contributed by atoms with Crippen LogP contribution in [-0.4, -0.2) is 115 Å². The lowest BCUT2D eigenvalue weighted by molar-refractivity contribution is -0.142. The molecule has 2 aliphatic heterocycles. The van der Waals surface area contributed by atoms with Gasteiger partial charge in [0, 0.05) is 31.4 Å². The maximum atomic E-state index is 15.1. The van der Waals surface area contributed by atoms with Gasteiger partial charge in [0.1, 0.15) is 52.2 Å². The zero-order valence-electron chi connectivity index (χ0n) is 36.0. The van der Waals surface area contributed by atoms with E-state index in [-0.39, 0.29) is 56.6 Å². The Labute approximate surface area is 351 Å². The minimum atomic E-state index is -4.39. The molecule has 2 aliphatic carbocycles. The predicted octanol–water partition coefficient (Wildman–Crippen LogP) is 4.69. The maximum Gasteiger partial charge on any atom is 0.408 e. The Morgan fingerprint density at radius 1 is 1.07 bits per heavy atom. The molecule has 3 N–H and O–H groups in total. The van der Waals surface area contributed by atoms with E-state index in [2.05, 4.69) is 22.3 Å². The van der Waals surface area contributed by atoms with Gasteiger partial charge in [0.15, 0.2) is 0 Å². The molecule has 0 bridgehead atoms. The van der Waals surface area contributed by atoms with Crippen molar-refractivity contribution in [2.75, 3.05) is 34.0 Å². The van der Waals surface area contributed by atoms with Crippen LogP contribution in [0.25, 0.3) is 11.0 Å². The second-order valence-electron chi connectivity index (χ2n) is 18.5. The van der Waals surface area contributed by atoms with E-state index in [0.29, 0.717) is 41.7 Å². The first-order chi connectivity index (χ1) is 28.2. The van der Waals surface area contributed by atoms with E-state index in [4.69, 9.17) is 28.9 Å². The lowest BCUT2D eigenvalue weighted by Gasteiger charge is -2.34. The average molecular weight is 861 g/mol. The van der Waals surface area contributed by atoms with E-state index in [0.717, 1.165) is 12.8 Å². The molecule has 1 aromatic carbocycles. The molecular formula is C42H61FN6O10S. The van der Waals surface area contributed by atoms with Crippen molar-refractivity contribution in [1.29, 1.82) is 0 Å². The van der Waals surface area contributed by atoms with Crippen LogP contribution < -0.4 is 24.8 Å². The third kappa shape index (κ3) is 9.74. The number of methoxy groups -OCH3 is 2. The molecule has 60 heavy (non-hydrogen) atoms. The van der Waals surface area contributed by atoms with E-state index >= 15 is 4.79 Å². The van der Waals surface area contributed by atoms with Gasteiger partial charge >= 0.3 is 6.09 Å². The van der Waals surface area contributed by atoms with Crippen molar-refractivity contribution >= 4 is 44.9 Å². The van der Waals surface area contributed by atoms with E-state index in [9.17, 15) is 27.2 Å². The molecule has 0 radical (unpaired) electrons. The number of sulfonamides is 1. The number of alkyl halides is 1. The minimum absolute atomic E-state index is 0.0386. The molecule has 18 heteroatoms. The van der Waals surface area contributed by atoms with Crippen molar-refractivity contribution in [2.45, 2.75) is 139 Å². The molecule has 4 fully saturated rings. The second kappa shape index (κ2) is 17.6. The average Bonchev–Trinajstić information content (AvgIpc) is 4.08. The summed E-state index contributed by atoms with van der Waals surface area (Å²) in [6, 6.07) is 2.90. The summed E-state index contributed by atoms with van der Waals surface area (Å²) >= 11 is 0. The summed E-state index contributed by atoms with van der Waals surface area (Å²) in [6.45, 7) is 9.97. The first-order valence-electron chi connectivity index (χ1n) is 21.0. The molecule has 2 aromatic rings. The predicted molar refractivity (Wildman–Crippen MR) is 219 cm³/mol. The highest BCUT2D eigenvalue weighted by Crippen LogP contribution is 2.49. The summed E-state index contributed by atoms with van der Waals surface area (Å²) < 4.78 is 64.2. The Bertz CT molecular complexity index is 2060. The molecule has 7 atom stereocenters. The van der Waals surface area contributed by atoms with Crippen LogP contribution >= 0.6 is 0 Å². The first kappa shape index (κ1) is 45.2. The van der Waals surface area contributed by atoms with Crippen molar-refractivity contribution in [1.82, 2.24) is 30.2 Å². The van der Waals surface area contributed by atoms with Gasteiger partial charge in [0.05, 0.1) is 31.3 Å². The number of fused-ring (bicyclic) bond motifs is 3. The molecule has 2 saturated heterocycles. The van der Waals surface area contributed by atoms with Gasteiger partial charge in [-0.1, -0.05) is 40.0 Å². The Balaban J connectivity index is 1.39. The van der Waals surface area contributed by atoms with E-state index < -0.39 is 86.4 Å². The largest absolute Gasteiger partial charge is 0.497 e. The van der Waals surface area contributed by atoms with Crippen molar-refractivity contribution in [3.63, 3.8) is 0 Å². The molecule has 0 spiro atoms. The van der Waals surface area contributed by atoms with Gasteiger partial charge in [0.25, 0.3) is 5.91 Å². The molecule has 6 rings (SSSR count). The fourth-order valence-electron chi connectivity index (χ4n) is 8.59. The summed E-state index contributed by atoms with van der Waals surface area (Å²) in [6.07, 6.45) is 1.94. The molecule has 4 aliphatic rings. The highest BCUT2D eigenvalue weighted by molar-refractivity contribution is 7.91. The van der Waals surface area contributed by atoms with Crippen LogP contribution in [-0.2, 0) is 33.9 Å². The summed E-state index contributed by atoms with van der Waals surface area (Å²) in [7, 11) is -1.32. The van der Waals surface area contributed by atoms with Crippen LogP contribution in [0, 0.1) is 17.8 Å². The quantitative estimate of drug-likeness (QED) is 0.282. The van der Waals surface area contributed by atoms with Crippen molar-refractivity contribution in [2.24, 2.45) is 17.8 Å². The summed E-state index contributed by atoms with van der Waals surface area (Å²) in [5.41, 5.74) is -0.782. The normalized spacial score (nSPS) is 28.4. The molecule has 0 unspecified atom stereocenters. The van der Waals surface area contributed by atoms with E-state index in [1.807, 2.05) is 13.8 Å². The van der Waals surface area contributed by atoms with Gasteiger partial charge in [-0.15, -0.1) is 0 Å². The SMILES string of the molecule is COC[C@@H]1C[C@@H](C)CCCC[C@H]2C[C@@]2(C(=O)NS(=O)(=O)C2(CF)CC2)NC(=O)[C@@H]2C[C@@H](Oc3nc4cc(OC)ccc4nc3C(C)C)CN2C(=O)[C@H]1NC(=O)OC(C)(C)C. The van der Waals surface area contributed by atoms with Crippen LogP contribution in [0.3, 0.4) is 0 Å². The Kier molecular flexibility index (Phi) is 13.2. The molecule has 2 saturated carbocycles. The standard InChI is InChI=1S/C42H61FN6O10S/c1-24(2)33-36(45-31-18-28(57-8)13-14-30(31)44-33)58-29-19-32-35(50)47-42(38(52)48-60(54,55)41(23-43)15-16-41)20-27(42)12-10-9-11-25(3)17-26(22-56-7)34(37(51)49(32)21-29)46-39(53)59-40(4,5)6/h13-14,18,24-27,29,32,34H,9-12,15-17,19-23H2,1-8H3,(H,46,53)(H,47,50)(H,48,52)/t25-,26-,27-,29+,32-,34-,42+/m0/s1. The molecule has 3 heterocycles. The number of benzene rings is 1. The number of carbonyl (C=O) groups is 4.